The molecule has 0 aliphatic rings. The molecular weight excluding hydrogens is 273 g/mol. The Morgan fingerprint density at radius 3 is 2.61 bits per heavy atom. The highest BCUT2D eigenvalue weighted by atomic mass is 35.5. The molecule has 0 radical (unpaired) electrons. The molecule has 0 atom stereocenters. The van der Waals surface area contributed by atoms with E-state index in [0.29, 0.717) is 21.5 Å². The monoisotopic (exact) mass is 283 g/mol. The van der Waals surface area contributed by atoms with Crippen molar-refractivity contribution in [3.8, 4) is 5.75 Å². The highest BCUT2D eigenvalue weighted by molar-refractivity contribution is 6.41. The molecule has 0 aliphatic carbocycles. The third kappa shape index (κ3) is 2.37. The van der Waals surface area contributed by atoms with Gasteiger partial charge in [-0.15, -0.1) is 0 Å². The molecule has 18 heavy (non-hydrogen) atoms. The van der Waals surface area contributed by atoms with Gasteiger partial charge >= 0.3 is 0 Å². The Morgan fingerprint density at radius 1 is 1.28 bits per heavy atom. The van der Waals surface area contributed by atoms with E-state index in [-0.39, 0.29) is 5.91 Å². The number of carbonyl (C=O) groups is 1. The van der Waals surface area contributed by atoms with E-state index in [1.807, 2.05) is 12.1 Å². The third-order valence-electron chi connectivity index (χ3n) is 2.51. The average molecular weight is 284 g/mol. The summed E-state index contributed by atoms with van der Waals surface area (Å²) in [7, 11) is 1.52. The number of halogens is 2. The Bertz CT molecular complexity index is 626. The van der Waals surface area contributed by atoms with Gasteiger partial charge in [0.25, 0.3) is 0 Å². The maximum atomic E-state index is 11.0. The zero-order chi connectivity index (χ0) is 13.3. The van der Waals surface area contributed by atoms with Crippen molar-refractivity contribution < 1.29 is 9.53 Å². The number of fused-ring (bicyclic) bond motifs is 1. The number of benzene rings is 2. The molecule has 0 aromatic heterocycles. The van der Waals surface area contributed by atoms with Crippen LogP contribution in [-0.2, 0) is 4.79 Å². The summed E-state index contributed by atoms with van der Waals surface area (Å²) in [6.07, 6.45) is 0. The number of carbonyl (C=O) groups excluding carboxylic acids is 1. The molecule has 0 spiro atoms. The van der Waals surface area contributed by atoms with E-state index in [9.17, 15) is 4.79 Å². The first-order valence-electron chi connectivity index (χ1n) is 5.26. The molecule has 2 aromatic rings. The number of amides is 1. The highest BCUT2D eigenvalue weighted by Crippen LogP contribution is 2.39. The number of ether oxygens (including phenoxy) is 1. The smallest absolute Gasteiger partial charge is 0.221 e. The number of nitrogens with one attached hydrogen (secondary N) is 1. The van der Waals surface area contributed by atoms with Crippen LogP contribution in [0.15, 0.2) is 24.3 Å². The lowest BCUT2D eigenvalue weighted by molar-refractivity contribution is -0.114. The van der Waals surface area contributed by atoms with E-state index in [2.05, 4.69) is 5.32 Å². The summed E-state index contributed by atoms with van der Waals surface area (Å²) in [4.78, 5) is 11.0. The molecule has 5 heteroatoms. The van der Waals surface area contributed by atoms with Gasteiger partial charge in [0.2, 0.25) is 5.91 Å². The largest absolute Gasteiger partial charge is 0.494 e. The fourth-order valence-electron chi connectivity index (χ4n) is 1.78. The Balaban J connectivity index is 2.61. The van der Waals surface area contributed by atoms with Gasteiger partial charge in [-0.2, -0.15) is 0 Å². The molecule has 0 unspecified atom stereocenters. The predicted molar refractivity (Wildman–Crippen MR) is 74.8 cm³/mol. The first-order chi connectivity index (χ1) is 8.52. The van der Waals surface area contributed by atoms with Crippen molar-refractivity contribution in [1.29, 1.82) is 0 Å². The molecule has 0 saturated heterocycles. The molecule has 0 heterocycles. The predicted octanol–water partition coefficient (Wildman–Crippen LogP) is 4.11. The first kappa shape index (κ1) is 13.0. The summed E-state index contributed by atoms with van der Waals surface area (Å²) >= 11 is 12.3. The van der Waals surface area contributed by atoms with Crippen molar-refractivity contribution in [2.45, 2.75) is 6.92 Å². The standard InChI is InChI=1S/C13H11Cl2NO2/c1-7(17)16-9-3-4-10-8(5-9)6-11(14)13(18-2)12(10)15/h3-6H,1-2H3,(H,16,17). The molecule has 0 fully saturated rings. The average Bonchev–Trinajstić information content (AvgIpc) is 2.28. The van der Waals surface area contributed by atoms with Gasteiger partial charge < -0.3 is 10.1 Å². The Morgan fingerprint density at radius 2 is 2.00 bits per heavy atom. The van der Waals surface area contributed by atoms with Crippen LogP contribution in [0, 0.1) is 0 Å². The molecule has 1 N–H and O–H groups in total. The summed E-state index contributed by atoms with van der Waals surface area (Å²) in [5.74, 6) is 0.332. The Kier molecular flexibility index (Phi) is 3.64. The van der Waals surface area contributed by atoms with Crippen molar-refractivity contribution in [1.82, 2.24) is 0 Å². The molecule has 3 nitrogen and oxygen atoms in total. The summed E-state index contributed by atoms with van der Waals surface area (Å²) in [6, 6.07) is 7.17. The Labute approximate surface area is 115 Å². The normalized spacial score (nSPS) is 10.4. The van der Waals surface area contributed by atoms with Crippen LogP contribution in [0.2, 0.25) is 10.0 Å². The summed E-state index contributed by atoms with van der Waals surface area (Å²) in [5, 5.41) is 5.29. The minimum absolute atomic E-state index is 0.125. The summed E-state index contributed by atoms with van der Waals surface area (Å²) in [6.45, 7) is 1.46. The first-order valence-corrected chi connectivity index (χ1v) is 6.02. The Hall–Kier alpha value is -1.45. The number of hydrogen-bond acceptors (Lipinski definition) is 2. The van der Waals surface area contributed by atoms with Crippen molar-refractivity contribution in [3.63, 3.8) is 0 Å². The van der Waals surface area contributed by atoms with Crippen LogP contribution in [0.25, 0.3) is 10.8 Å². The molecular formula is C13H11Cl2NO2. The van der Waals surface area contributed by atoms with Gasteiger partial charge in [0.05, 0.1) is 17.2 Å². The molecule has 0 aliphatic heterocycles. The molecule has 94 valence electrons. The number of anilines is 1. The van der Waals surface area contributed by atoms with Gasteiger partial charge in [-0.3, -0.25) is 4.79 Å². The zero-order valence-corrected chi connectivity index (χ0v) is 11.4. The van der Waals surface area contributed by atoms with E-state index in [1.165, 1.54) is 14.0 Å². The van der Waals surface area contributed by atoms with Crippen molar-refractivity contribution in [2.75, 3.05) is 12.4 Å². The quantitative estimate of drug-likeness (QED) is 0.901. The molecule has 1 amide bonds. The van der Waals surface area contributed by atoms with Gasteiger partial charge in [0.1, 0.15) is 0 Å². The van der Waals surface area contributed by atoms with Crippen LogP contribution in [0.4, 0.5) is 5.69 Å². The number of hydrogen-bond donors (Lipinski definition) is 1. The van der Waals surface area contributed by atoms with E-state index < -0.39 is 0 Å². The van der Waals surface area contributed by atoms with Crippen LogP contribution in [0.1, 0.15) is 6.92 Å². The van der Waals surface area contributed by atoms with Crippen LogP contribution < -0.4 is 10.1 Å². The summed E-state index contributed by atoms with van der Waals surface area (Å²) < 4.78 is 5.15. The van der Waals surface area contributed by atoms with Gasteiger partial charge in [-0.1, -0.05) is 29.3 Å². The van der Waals surface area contributed by atoms with Crippen LogP contribution in [0.3, 0.4) is 0 Å². The van der Waals surface area contributed by atoms with E-state index >= 15 is 0 Å². The van der Waals surface area contributed by atoms with Gasteiger partial charge in [-0.25, -0.2) is 0 Å². The lowest BCUT2D eigenvalue weighted by Gasteiger charge is -2.10. The number of rotatable bonds is 2. The second kappa shape index (κ2) is 5.04. The highest BCUT2D eigenvalue weighted by Gasteiger charge is 2.11. The van der Waals surface area contributed by atoms with Crippen molar-refractivity contribution in [3.05, 3.63) is 34.3 Å². The van der Waals surface area contributed by atoms with E-state index in [1.54, 1.807) is 12.1 Å². The van der Waals surface area contributed by atoms with Crippen LogP contribution in [0.5, 0.6) is 5.75 Å². The fourth-order valence-corrected chi connectivity index (χ4v) is 2.47. The topological polar surface area (TPSA) is 38.3 Å². The zero-order valence-electron chi connectivity index (χ0n) is 9.88. The van der Waals surface area contributed by atoms with Crippen molar-refractivity contribution >= 4 is 45.6 Å². The van der Waals surface area contributed by atoms with Crippen LogP contribution in [-0.4, -0.2) is 13.0 Å². The SMILES string of the molecule is COc1c(Cl)cc2cc(NC(C)=O)ccc2c1Cl. The summed E-state index contributed by atoms with van der Waals surface area (Å²) in [5.41, 5.74) is 0.701. The van der Waals surface area contributed by atoms with E-state index in [4.69, 9.17) is 27.9 Å². The molecule has 0 saturated carbocycles. The maximum Gasteiger partial charge on any atom is 0.221 e. The molecule has 2 aromatic carbocycles. The lowest BCUT2D eigenvalue weighted by Crippen LogP contribution is -2.05. The lowest BCUT2D eigenvalue weighted by atomic mass is 10.1. The van der Waals surface area contributed by atoms with E-state index in [0.717, 1.165) is 10.8 Å². The number of methoxy groups -OCH3 is 1. The maximum absolute atomic E-state index is 11.0. The fraction of sp³-hybridized carbons (Fsp3) is 0.154. The van der Waals surface area contributed by atoms with Gasteiger partial charge in [0.15, 0.2) is 5.75 Å². The second-order valence-electron chi connectivity index (χ2n) is 3.82. The van der Waals surface area contributed by atoms with Gasteiger partial charge in [0, 0.05) is 18.0 Å². The van der Waals surface area contributed by atoms with Crippen molar-refractivity contribution in [2.24, 2.45) is 0 Å². The molecule has 0 bridgehead atoms. The van der Waals surface area contributed by atoms with Crippen LogP contribution >= 0.6 is 23.2 Å². The third-order valence-corrected chi connectivity index (χ3v) is 3.17. The minimum Gasteiger partial charge on any atom is -0.494 e. The minimum atomic E-state index is -0.125. The molecule has 2 rings (SSSR count). The second-order valence-corrected chi connectivity index (χ2v) is 4.61. The van der Waals surface area contributed by atoms with Gasteiger partial charge in [-0.05, 0) is 23.6 Å².